The summed E-state index contributed by atoms with van der Waals surface area (Å²) in [6, 6.07) is 14.0. The molecule has 4 aromatic rings. The smallest absolute Gasteiger partial charge is 0.254 e. The van der Waals surface area contributed by atoms with Gasteiger partial charge in [0.1, 0.15) is 5.00 Å². The van der Waals surface area contributed by atoms with Crippen LogP contribution < -0.4 is 5.32 Å². The second-order valence-electron chi connectivity index (χ2n) is 6.71. The summed E-state index contributed by atoms with van der Waals surface area (Å²) >= 11 is 1.65. The summed E-state index contributed by atoms with van der Waals surface area (Å²) in [6.07, 6.45) is 7.66. The SMILES string of the molecule is Cc1sc(-n2cccc2)c(C(=O)NCc2ccccc2Cn2cccn2)c1C. The predicted molar refractivity (Wildman–Crippen MR) is 112 cm³/mol. The minimum Gasteiger partial charge on any atom is -0.348 e. The number of amides is 1. The van der Waals surface area contributed by atoms with Crippen molar-refractivity contribution in [3.63, 3.8) is 0 Å². The van der Waals surface area contributed by atoms with Crippen LogP contribution in [0.4, 0.5) is 0 Å². The topological polar surface area (TPSA) is 51.9 Å². The van der Waals surface area contributed by atoms with Crippen molar-refractivity contribution in [1.82, 2.24) is 19.7 Å². The van der Waals surface area contributed by atoms with Gasteiger partial charge in [-0.05, 0) is 48.7 Å². The monoisotopic (exact) mass is 390 g/mol. The minimum atomic E-state index is -0.0422. The van der Waals surface area contributed by atoms with E-state index in [1.807, 2.05) is 65.1 Å². The van der Waals surface area contributed by atoms with Crippen LogP contribution in [0.15, 0.2) is 67.3 Å². The largest absolute Gasteiger partial charge is 0.348 e. The van der Waals surface area contributed by atoms with Gasteiger partial charge in [0.2, 0.25) is 0 Å². The molecular weight excluding hydrogens is 368 g/mol. The highest BCUT2D eigenvalue weighted by atomic mass is 32.1. The van der Waals surface area contributed by atoms with Crippen molar-refractivity contribution >= 4 is 17.2 Å². The van der Waals surface area contributed by atoms with E-state index in [-0.39, 0.29) is 5.91 Å². The molecule has 0 fully saturated rings. The second kappa shape index (κ2) is 7.86. The van der Waals surface area contributed by atoms with E-state index < -0.39 is 0 Å². The van der Waals surface area contributed by atoms with Crippen molar-refractivity contribution in [3.05, 3.63) is 94.4 Å². The molecule has 1 aromatic carbocycles. The molecule has 6 heteroatoms. The lowest BCUT2D eigenvalue weighted by molar-refractivity contribution is 0.0950. The van der Waals surface area contributed by atoms with Gasteiger partial charge in [0.05, 0.1) is 12.1 Å². The molecule has 0 saturated carbocycles. The van der Waals surface area contributed by atoms with Crippen LogP contribution >= 0.6 is 11.3 Å². The normalized spacial score (nSPS) is 10.9. The average Bonchev–Trinajstić information content (AvgIpc) is 3.44. The lowest BCUT2D eigenvalue weighted by atomic mass is 10.1. The lowest BCUT2D eigenvalue weighted by Crippen LogP contribution is -2.25. The Morgan fingerprint density at radius 1 is 1.04 bits per heavy atom. The van der Waals surface area contributed by atoms with Crippen LogP contribution in [0.1, 0.15) is 31.9 Å². The van der Waals surface area contributed by atoms with Crippen molar-refractivity contribution in [1.29, 1.82) is 0 Å². The number of nitrogens with one attached hydrogen (secondary N) is 1. The van der Waals surface area contributed by atoms with Gasteiger partial charge in [-0.2, -0.15) is 5.10 Å². The number of hydrogen-bond acceptors (Lipinski definition) is 3. The van der Waals surface area contributed by atoms with Gasteiger partial charge in [-0.15, -0.1) is 11.3 Å². The Kier molecular flexibility index (Phi) is 5.12. The summed E-state index contributed by atoms with van der Waals surface area (Å²) in [5, 5.41) is 8.35. The van der Waals surface area contributed by atoms with Crippen LogP contribution in [0, 0.1) is 13.8 Å². The number of aromatic nitrogens is 3. The van der Waals surface area contributed by atoms with Gasteiger partial charge in [0.25, 0.3) is 5.91 Å². The van der Waals surface area contributed by atoms with E-state index in [9.17, 15) is 4.79 Å². The number of aryl methyl sites for hydroxylation is 1. The minimum absolute atomic E-state index is 0.0422. The van der Waals surface area contributed by atoms with E-state index in [0.29, 0.717) is 13.1 Å². The highest BCUT2D eigenvalue weighted by Crippen LogP contribution is 2.31. The zero-order valence-corrected chi connectivity index (χ0v) is 16.7. The van der Waals surface area contributed by atoms with E-state index in [1.165, 1.54) is 0 Å². The van der Waals surface area contributed by atoms with Crippen LogP contribution in [0.2, 0.25) is 0 Å². The van der Waals surface area contributed by atoms with Crippen molar-refractivity contribution in [3.8, 4) is 5.00 Å². The highest BCUT2D eigenvalue weighted by Gasteiger charge is 2.20. The van der Waals surface area contributed by atoms with E-state index >= 15 is 0 Å². The molecule has 1 amide bonds. The molecular formula is C22H22N4OS. The third kappa shape index (κ3) is 3.64. The maximum Gasteiger partial charge on any atom is 0.254 e. The van der Waals surface area contributed by atoms with Crippen LogP contribution in [0.25, 0.3) is 5.00 Å². The number of benzene rings is 1. The maximum atomic E-state index is 13.1. The summed E-state index contributed by atoms with van der Waals surface area (Å²) in [7, 11) is 0. The van der Waals surface area contributed by atoms with E-state index in [0.717, 1.165) is 32.1 Å². The quantitative estimate of drug-likeness (QED) is 0.533. The summed E-state index contributed by atoms with van der Waals surface area (Å²) in [5.74, 6) is -0.0422. The first-order valence-corrected chi connectivity index (χ1v) is 10.0. The Hall–Kier alpha value is -3.12. The summed E-state index contributed by atoms with van der Waals surface area (Å²) in [4.78, 5) is 14.2. The Morgan fingerprint density at radius 2 is 1.79 bits per heavy atom. The molecule has 5 nitrogen and oxygen atoms in total. The standard InChI is InChI=1S/C22H22N4OS/c1-16-17(2)28-22(25-11-5-6-12-25)20(16)21(27)23-14-18-8-3-4-9-19(18)15-26-13-7-10-24-26/h3-13H,14-15H2,1-2H3,(H,23,27). The fourth-order valence-electron chi connectivity index (χ4n) is 3.24. The Bertz CT molecular complexity index is 1080. The molecule has 0 atom stereocenters. The van der Waals surface area contributed by atoms with Crippen molar-refractivity contribution < 1.29 is 4.79 Å². The highest BCUT2D eigenvalue weighted by molar-refractivity contribution is 7.15. The van der Waals surface area contributed by atoms with Gasteiger partial charge in [-0.1, -0.05) is 24.3 Å². The van der Waals surface area contributed by atoms with Gasteiger partial charge >= 0.3 is 0 Å². The Labute approximate surface area is 168 Å². The van der Waals surface area contributed by atoms with Gasteiger partial charge < -0.3 is 9.88 Å². The number of rotatable bonds is 6. The molecule has 1 N–H and O–H groups in total. The second-order valence-corrected chi connectivity index (χ2v) is 7.91. The van der Waals surface area contributed by atoms with Crippen molar-refractivity contribution in [2.45, 2.75) is 26.9 Å². The fraction of sp³-hybridized carbons (Fsp3) is 0.182. The number of carbonyl (C=O) groups excluding carboxylic acids is 1. The molecule has 0 radical (unpaired) electrons. The lowest BCUT2D eigenvalue weighted by Gasteiger charge is -2.12. The summed E-state index contributed by atoms with van der Waals surface area (Å²) in [6.45, 7) is 5.24. The van der Waals surface area contributed by atoms with Gasteiger partial charge in [-0.25, -0.2) is 0 Å². The van der Waals surface area contributed by atoms with E-state index in [4.69, 9.17) is 0 Å². The molecule has 0 bridgehead atoms. The molecule has 3 aromatic heterocycles. The van der Waals surface area contributed by atoms with Crippen molar-refractivity contribution in [2.75, 3.05) is 0 Å². The molecule has 28 heavy (non-hydrogen) atoms. The summed E-state index contributed by atoms with van der Waals surface area (Å²) < 4.78 is 3.89. The molecule has 0 unspecified atom stereocenters. The van der Waals surface area contributed by atoms with Gasteiger partial charge in [0.15, 0.2) is 0 Å². The molecule has 0 aliphatic rings. The first-order chi connectivity index (χ1) is 13.6. The van der Waals surface area contributed by atoms with Crippen LogP contribution in [-0.2, 0) is 13.1 Å². The third-order valence-corrected chi connectivity index (χ3v) is 6.10. The first kappa shape index (κ1) is 18.3. The van der Waals surface area contributed by atoms with E-state index in [2.05, 4.69) is 29.5 Å². The molecule has 0 saturated heterocycles. The number of nitrogens with zero attached hydrogens (tertiary/aromatic N) is 3. The predicted octanol–water partition coefficient (Wildman–Crippen LogP) is 4.33. The number of thiophene rings is 1. The fourth-order valence-corrected chi connectivity index (χ4v) is 4.36. The summed E-state index contributed by atoms with van der Waals surface area (Å²) in [5.41, 5.74) is 4.04. The maximum absolute atomic E-state index is 13.1. The van der Waals surface area contributed by atoms with Crippen LogP contribution in [0.3, 0.4) is 0 Å². The zero-order chi connectivity index (χ0) is 19.5. The average molecular weight is 391 g/mol. The van der Waals surface area contributed by atoms with Crippen LogP contribution in [0.5, 0.6) is 0 Å². The molecule has 0 aliphatic carbocycles. The molecule has 0 spiro atoms. The Morgan fingerprint density at radius 3 is 2.50 bits per heavy atom. The number of carbonyl (C=O) groups is 1. The molecule has 142 valence electrons. The van der Waals surface area contributed by atoms with Gasteiger partial charge in [0, 0.05) is 36.2 Å². The van der Waals surface area contributed by atoms with Crippen LogP contribution in [-0.4, -0.2) is 20.3 Å². The third-order valence-electron chi connectivity index (χ3n) is 4.88. The zero-order valence-electron chi connectivity index (χ0n) is 15.9. The number of hydrogen-bond donors (Lipinski definition) is 1. The molecule has 3 heterocycles. The molecule has 4 rings (SSSR count). The van der Waals surface area contributed by atoms with Gasteiger partial charge in [-0.3, -0.25) is 9.48 Å². The van der Waals surface area contributed by atoms with Crippen molar-refractivity contribution in [2.24, 2.45) is 0 Å². The molecule has 0 aliphatic heterocycles. The Balaban J connectivity index is 1.55. The first-order valence-electron chi connectivity index (χ1n) is 9.19. The van der Waals surface area contributed by atoms with E-state index in [1.54, 1.807) is 17.5 Å².